The lowest BCUT2D eigenvalue weighted by atomic mass is 10.1. The number of hydrogen-bond acceptors (Lipinski definition) is 4. The maximum Gasteiger partial charge on any atom is 0.211 e. The van der Waals surface area contributed by atoms with E-state index in [0.29, 0.717) is 16.5 Å². The lowest BCUT2D eigenvalue weighted by Gasteiger charge is -2.02. The van der Waals surface area contributed by atoms with Crippen LogP contribution < -0.4 is 5.43 Å². The second-order valence-electron chi connectivity index (χ2n) is 4.15. The number of nitrogens with zero attached hydrogens (tertiary/aromatic N) is 3. The summed E-state index contributed by atoms with van der Waals surface area (Å²) in [6.45, 7) is 0. The van der Waals surface area contributed by atoms with Gasteiger partial charge in [0.1, 0.15) is 17.2 Å². The van der Waals surface area contributed by atoms with E-state index in [1.165, 1.54) is 0 Å². The Kier molecular flexibility index (Phi) is 2.43. The van der Waals surface area contributed by atoms with E-state index in [1.807, 2.05) is 6.07 Å². The highest BCUT2D eigenvalue weighted by Gasteiger charge is 2.16. The molecule has 2 aromatic heterocycles. The zero-order chi connectivity index (χ0) is 13.4. The van der Waals surface area contributed by atoms with Crippen molar-refractivity contribution < 1.29 is 4.42 Å². The first-order valence-corrected chi connectivity index (χ1v) is 5.65. The predicted octanol–water partition coefficient (Wildman–Crippen LogP) is 2.07. The van der Waals surface area contributed by atoms with Crippen LogP contribution in [0.4, 0.5) is 0 Å². The molecule has 5 heteroatoms. The molecule has 0 bridgehead atoms. The molecule has 0 spiro atoms. The van der Waals surface area contributed by atoms with Crippen molar-refractivity contribution in [3.05, 3.63) is 52.4 Å². The summed E-state index contributed by atoms with van der Waals surface area (Å²) in [6.07, 6.45) is 3.27. The third-order valence-electron chi connectivity index (χ3n) is 2.88. The zero-order valence-electron chi connectivity index (χ0n) is 10.1. The van der Waals surface area contributed by atoms with Gasteiger partial charge in [0.15, 0.2) is 5.76 Å². The molecule has 19 heavy (non-hydrogen) atoms. The quantitative estimate of drug-likeness (QED) is 0.663. The molecule has 92 valence electrons. The van der Waals surface area contributed by atoms with Gasteiger partial charge in [0.25, 0.3) is 0 Å². The first-order valence-electron chi connectivity index (χ1n) is 5.65. The molecule has 0 atom stereocenters. The van der Waals surface area contributed by atoms with Crippen molar-refractivity contribution >= 4 is 11.0 Å². The summed E-state index contributed by atoms with van der Waals surface area (Å²) < 4.78 is 7.28. The minimum Gasteiger partial charge on any atom is -0.454 e. The van der Waals surface area contributed by atoms with Crippen molar-refractivity contribution in [2.75, 3.05) is 0 Å². The number of para-hydroxylation sites is 1. The average Bonchev–Trinajstić information content (AvgIpc) is 2.85. The van der Waals surface area contributed by atoms with E-state index in [4.69, 9.17) is 4.42 Å². The van der Waals surface area contributed by atoms with Crippen molar-refractivity contribution in [3.63, 3.8) is 0 Å². The lowest BCUT2D eigenvalue weighted by Crippen LogP contribution is -2.07. The molecule has 0 radical (unpaired) electrons. The van der Waals surface area contributed by atoms with Crippen LogP contribution in [0.5, 0.6) is 0 Å². The monoisotopic (exact) mass is 251 g/mol. The smallest absolute Gasteiger partial charge is 0.211 e. The maximum atomic E-state index is 12.3. The molecule has 0 saturated carbocycles. The number of benzene rings is 1. The van der Waals surface area contributed by atoms with Crippen molar-refractivity contribution in [2.24, 2.45) is 7.05 Å². The number of nitriles is 1. The van der Waals surface area contributed by atoms with Crippen molar-refractivity contribution in [1.82, 2.24) is 9.78 Å². The van der Waals surface area contributed by atoms with Gasteiger partial charge in [-0.2, -0.15) is 10.4 Å². The highest BCUT2D eigenvalue weighted by molar-refractivity contribution is 5.81. The standard InChI is InChI=1S/C14H9N3O2/c1-17-8-9(7-16-17)14-11(6-15)13(18)10-4-2-3-5-12(10)19-14/h2-5,7-8H,1H3. The predicted molar refractivity (Wildman–Crippen MR) is 69.4 cm³/mol. The van der Waals surface area contributed by atoms with Gasteiger partial charge >= 0.3 is 0 Å². The molecule has 2 heterocycles. The van der Waals surface area contributed by atoms with Gasteiger partial charge in [-0.05, 0) is 12.1 Å². The van der Waals surface area contributed by atoms with Crippen LogP contribution in [-0.2, 0) is 7.05 Å². The van der Waals surface area contributed by atoms with E-state index < -0.39 is 0 Å². The van der Waals surface area contributed by atoms with Gasteiger partial charge in [0.2, 0.25) is 5.43 Å². The molecule has 5 nitrogen and oxygen atoms in total. The third kappa shape index (κ3) is 1.70. The summed E-state index contributed by atoms with van der Waals surface area (Å²) in [5, 5.41) is 13.6. The highest BCUT2D eigenvalue weighted by atomic mass is 16.3. The summed E-state index contributed by atoms with van der Waals surface area (Å²) in [5.41, 5.74) is 0.766. The molecule has 3 aromatic rings. The van der Waals surface area contributed by atoms with E-state index in [1.54, 1.807) is 48.4 Å². The van der Waals surface area contributed by atoms with E-state index in [2.05, 4.69) is 5.10 Å². The van der Waals surface area contributed by atoms with E-state index in [-0.39, 0.29) is 16.8 Å². The SMILES string of the molecule is Cn1cc(-c2oc3ccccc3c(=O)c2C#N)cn1. The second kappa shape index (κ2) is 4.10. The van der Waals surface area contributed by atoms with Crippen molar-refractivity contribution in [3.8, 4) is 17.4 Å². The van der Waals surface area contributed by atoms with Crippen LogP contribution in [0.2, 0.25) is 0 Å². The Hall–Kier alpha value is -2.87. The van der Waals surface area contributed by atoms with Gasteiger partial charge in [-0.25, -0.2) is 0 Å². The summed E-state index contributed by atoms with van der Waals surface area (Å²) >= 11 is 0. The number of fused-ring (bicyclic) bond motifs is 1. The molecule has 0 amide bonds. The summed E-state index contributed by atoms with van der Waals surface area (Å²) in [5.74, 6) is 0.263. The van der Waals surface area contributed by atoms with Gasteiger partial charge in [0, 0.05) is 13.2 Å². The Morgan fingerprint density at radius 3 is 2.84 bits per heavy atom. The fourth-order valence-corrected chi connectivity index (χ4v) is 1.99. The van der Waals surface area contributed by atoms with Crippen LogP contribution in [0.3, 0.4) is 0 Å². The Morgan fingerprint density at radius 2 is 2.16 bits per heavy atom. The zero-order valence-corrected chi connectivity index (χ0v) is 10.1. The molecular formula is C14H9N3O2. The average molecular weight is 251 g/mol. The second-order valence-corrected chi connectivity index (χ2v) is 4.15. The Balaban J connectivity index is 2.43. The van der Waals surface area contributed by atoms with Gasteiger partial charge in [0.05, 0.1) is 17.1 Å². The molecule has 0 saturated heterocycles. The minimum absolute atomic E-state index is 0.00620. The largest absolute Gasteiger partial charge is 0.454 e. The van der Waals surface area contributed by atoms with Crippen LogP contribution in [0.25, 0.3) is 22.3 Å². The van der Waals surface area contributed by atoms with Crippen molar-refractivity contribution in [2.45, 2.75) is 0 Å². The Morgan fingerprint density at radius 1 is 1.37 bits per heavy atom. The highest BCUT2D eigenvalue weighted by Crippen LogP contribution is 2.24. The molecule has 3 rings (SSSR count). The van der Waals surface area contributed by atoms with E-state index in [0.717, 1.165) is 0 Å². The van der Waals surface area contributed by atoms with Gasteiger partial charge < -0.3 is 4.42 Å². The molecule has 0 N–H and O–H groups in total. The lowest BCUT2D eigenvalue weighted by molar-refractivity contribution is 0.617. The third-order valence-corrected chi connectivity index (χ3v) is 2.88. The minimum atomic E-state index is -0.316. The molecule has 0 unspecified atom stereocenters. The molecule has 0 aliphatic carbocycles. The molecule has 0 fully saturated rings. The normalized spacial score (nSPS) is 10.5. The number of rotatable bonds is 1. The molecule has 0 aliphatic rings. The first-order chi connectivity index (χ1) is 9.20. The number of aryl methyl sites for hydroxylation is 1. The van der Waals surface area contributed by atoms with Crippen LogP contribution in [-0.4, -0.2) is 9.78 Å². The van der Waals surface area contributed by atoms with Crippen LogP contribution >= 0.6 is 0 Å². The molecule has 1 aromatic carbocycles. The van der Waals surface area contributed by atoms with Gasteiger partial charge in [-0.3, -0.25) is 9.48 Å². The van der Waals surface area contributed by atoms with Gasteiger partial charge in [-0.1, -0.05) is 12.1 Å². The summed E-state index contributed by atoms with van der Waals surface area (Å²) in [7, 11) is 1.76. The Labute approximate surface area is 108 Å². The summed E-state index contributed by atoms with van der Waals surface area (Å²) in [6, 6.07) is 8.80. The first kappa shape index (κ1) is 11.2. The fourth-order valence-electron chi connectivity index (χ4n) is 1.99. The fraction of sp³-hybridized carbons (Fsp3) is 0.0714. The topological polar surface area (TPSA) is 71.8 Å². The van der Waals surface area contributed by atoms with E-state index >= 15 is 0 Å². The molecular weight excluding hydrogens is 242 g/mol. The van der Waals surface area contributed by atoms with Crippen LogP contribution in [0.1, 0.15) is 5.56 Å². The number of hydrogen-bond donors (Lipinski definition) is 0. The van der Waals surface area contributed by atoms with Crippen LogP contribution in [0, 0.1) is 11.3 Å². The van der Waals surface area contributed by atoms with Crippen molar-refractivity contribution in [1.29, 1.82) is 5.26 Å². The number of aromatic nitrogens is 2. The molecule has 0 aliphatic heterocycles. The van der Waals surface area contributed by atoms with Gasteiger partial charge in [-0.15, -0.1) is 0 Å². The van der Waals surface area contributed by atoms with Crippen LogP contribution in [0.15, 0.2) is 45.9 Å². The van der Waals surface area contributed by atoms with E-state index in [9.17, 15) is 10.1 Å². The Bertz CT molecular complexity index is 868. The maximum absolute atomic E-state index is 12.3. The summed E-state index contributed by atoms with van der Waals surface area (Å²) in [4.78, 5) is 12.3.